The lowest BCUT2D eigenvalue weighted by atomic mass is 10.0. The number of methoxy groups -OCH3 is 1. The van der Waals surface area contributed by atoms with Gasteiger partial charge in [0.2, 0.25) is 0 Å². The molecule has 0 atom stereocenters. The Morgan fingerprint density at radius 3 is 2.56 bits per heavy atom. The molecular weight excluding hydrogens is 226 g/mol. The molecule has 1 aromatic carbocycles. The van der Waals surface area contributed by atoms with Crippen LogP contribution in [-0.2, 0) is 4.74 Å². The molecule has 0 fully saturated rings. The van der Waals surface area contributed by atoms with Crippen LogP contribution in [0.15, 0.2) is 18.2 Å². The molecule has 0 saturated heterocycles. The number of ether oxygens (including phenoxy) is 2. The number of aromatic nitrogens is 1. The van der Waals surface area contributed by atoms with Crippen LogP contribution < -0.4 is 4.74 Å². The molecule has 3 heteroatoms. The molecule has 0 spiro atoms. The van der Waals surface area contributed by atoms with Crippen molar-refractivity contribution in [2.24, 2.45) is 0 Å². The smallest absolute Gasteiger partial charge is 0.129 e. The average Bonchev–Trinajstić information content (AvgIpc) is 2.32. The molecule has 18 heavy (non-hydrogen) atoms. The second-order valence-corrected chi connectivity index (χ2v) is 4.53. The van der Waals surface area contributed by atoms with Crippen molar-refractivity contribution in [3.8, 4) is 5.75 Å². The minimum Gasteiger partial charge on any atom is -0.490 e. The first-order valence-electron chi connectivity index (χ1n) is 6.12. The molecule has 0 unspecified atom stereocenters. The van der Waals surface area contributed by atoms with Gasteiger partial charge in [-0.2, -0.15) is 0 Å². The van der Waals surface area contributed by atoms with E-state index in [1.165, 1.54) is 11.1 Å². The highest BCUT2D eigenvalue weighted by Crippen LogP contribution is 2.30. The predicted octanol–water partition coefficient (Wildman–Crippen LogP) is 3.19. The van der Waals surface area contributed by atoms with Crippen LogP contribution in [0.4, 0.5) is 0 Å². The summed E-state index contributed by atoms with van der Waals surface area (Å²) in [6.07, 6.45) is 0. The van der Waals surface area contributed by atoms with Gasteiger partial charge in [0.1, 0.15) is 12.4 Å². The fourth-order valence-corrected chi connectivity index (χ4v) is 2.15. The van der Waals surface area contributed by atoms with E-state index in [-0.39, 0.29) is 0 Å². The summed E-state index contributed by atoms with van der Waals surface area (Å²) in [5.41, 5.74) is 4.45. The Labute approximate surface area is 108 Å². The van der Waals surface area contributed by atoms with Crippen LogP contribution in [0.3, 0.4) is 0 Å². The first-order chi connectivity index (χ1) is 8.63. The number of nitrogens with zero attached hydrogens (tertiary/aromatic N) is 1. The maximum atomic E-state index is 5.77. The van der Waals surface area contributed by atoms with Crippen molar-refractivity contribution in [2.45, 2.75) is 20.8 Å². The van der Waals surface area contributed by atoms with Gasteiger partial charge < -0.3 is 9.47 Å². The summed E-state index contributed by atoms with van der Waals surface area (Å²) in [4.78, 5) is 4.61. The summed E-state index contributed by atoms with van der Waals surface area (Å²) in [6.45, 7) is 7.34. The minimum atomic E-state index is 0.558. The minimum absolute atomic E-state index is 0.558. The van der Waals surface area contributed by atoms with Gasteiger partial charge in [-0.15, -0.1) is 0 Å². The second-order valence-electron chi connectivity index (χ2n) is 4.53. The molecule has 0 aliphatic carbocycles. The fourth-order valence-electron chi connectivity index (χ4n) is 2.15. The number of benzene rings is 1. The number of pyridine rings is 1. The van der Waals surface area contributed by atoms with Gasteiger partial charge in [-0.1, -0.05) is 6.07 Å². The van der Waals surface area contributed by atoms with E-state index in [0.717, 1.165) is 22.3 Å². The molecule has 0 saturated carbocycles. The third kappa shape index (κ3) is 2.46. The molecule has 0 bridgehead atoms. The van der Waals surface area contributed by atoms with Crippen LogP contribution in [0, 0.1) is 20.8 Å². The molecule has 0 amide bonds. The van der Waals surface area contributed by atoms with E-state index in [4.69, 9.17) is 9.47 Å². The van der Waals surface area contributed by atoms with Gasteiger partial charge in [-0.05, 0) is 44.0 Å². The molecule has 2 aromatic rings. The van der Waals surface area contributed by atoms with E-state index in [1.54, 1.807) is 7.11 Å². The third-order valence-electron chi connectivity index (χ3n) is 2.99. The summed E-state index contributed by atoms with van der Waals surface area (Å²) >= 11 is 0. The second kappa shape index (κ2) is 5.36. The highest BCUT2D eigenvalue weighted by atomic mass is 16.5. The van der Waals surface area contributed by atoms with Crippen molar-refractivity contribution in [1.82, 2.24) is 4.98 Å². The monoisotopic (exact) mass is 245 g/mol. The van der Waals surface area contributed by atoms with Crippen molar-refractivity contribution in [3.63, 3.8) is 0 Å². The van der Waals surface area contributed by atoms with Gasteiger partial charge in [0.05, 0.1) is 12.1 Å². The molecular formula is C15H19NO2. The summed E-state index contributed by atoms with van der Waals surface area (Å²) in [5, 5.41) is 1.11. The van der Waals surface area contributed by atoms with Gasteiger partial charge in [0, 0.05) is 18.2 Å². The van der Waals surface area contributed by atoms with E-state index in [1.807, 2.05) is 13.0 Å². The molecule has 0 N–H and O–H groups in total. The lowest BCUT2D eigenvalue weighted by Gasteiger charge is -2.13. The largest absolute Gasteiger partial charge is 0.490 e. The highest BCUT2D eigenvalue weighted by molar-refractivity contribution is 5.90. The predicted molar refractivity (Wildman–Crippen MR) is 73.3 cm³/mol. The molecule has 3 nitrogen and oxygen atoms in total. The zero-order valence-electron chi connectivity index (χ0n) is 11.4. The lowest BCUT2D eigenvalue weighted by molar-refractivity contribution is 0.147. The maximum Gasteiger partial charge on any atom is 0.129 e. The average molecular weight is 245 g/mol. The van der Waals surface area contributed by atoms with E-state index in [9.17, 15) is 0 Å². The van der Waals surface area contributed by atoms with Crippen molar-refractivity contribution >= 4 is 10.9 Å². The Balaban J connectivity index is 2.51. The number of fused-ring (bicyclic) bond motifs is 1. The van der Waals surface area contributed by atoms with Crippen molar-refractivity contribution < 1.29 is 9.47 Å². The molecule has 96 valence electrons. The van der Waals surface area contributed by atoms with Crippen molar-refractivity contribution in [1.29, 1.82) is 0 Å². The van der Waals surface area contributed by atoms with Crippen LogP contribution in [0.5, 0.6) is 5.75 Å². The molecule has 1 heterocycles. The van der Waals surface area contributed by atoms with E-state index >= 15 is 0 Å². The number of hydrogen-bond acceptors (Lipinski definition) is 3. The molecule has 2 rings (SSSR count). The van der Waals surface area contributed by atoms with Crippen LogP contribution in [0.2, 0.25) is 0 Å². The summed E-state index contributed by atoms with van der Waals surface area (Å²) in [6, 6.07) is 6.15. The highest BCUT2D eigenvalue weighted by Gasteiger charge is 2.09. The number of aryl methyl sites for hydroxylation is 3. The topological polar surface area (TPSA) is 31.4 Å². The quantitative estimate of drug-likeness (QED) is 0.775. The van der Waals surface area contributed by atoms with Crippen LogP contribution >= 0.6 is 0 Å². The zero-order valence-corrected chi connectivity index (χ0v) is 11.4. The van der Waals surface area contributed by atoms with Crippen molar-refractivity contribution in [2.75, 3.05) is 20.3 Å². The van der Waals surface area contributed by atoms with Gasteiger partial charge in [-0.25, -0.2) is 0 Å². The maximum absolute atomic E-state index is 5.77. The zero-order chi connectivity index (χ0) is 13.1. The van der Waals surface area contributed by atoms with Crippen LogP contribution in [-0.4, -0.2) is 25.3 Å². The Kier molecular flexibility index (Phi) is 3.82. The number of hydrogen-bond donors (Lipinski definition) is 0. The fraction of sp³-hybridized carbons (Fsp3) is 0.400. The lowest BCUT2D eigenvalue weighted by Crippen LogP contribution is -2.05. The summed E-state index contributed by atoms with van der Waals surface area (Å²) in [7, 11) is 1.67. The van der Waals surface area contributed by atoms with Gasteiger partial charge in [-0.3, -0.25) is 4.98 Å². The van der Waals surface area contributed by atoms with E-state index < -0.39 is 0 Å². The third-order valence-corrected chi connectivity index (χ3v) is 2.99. The Hall–Kier alpha value is -1.61. The first-order valence-corrected chi connectivity index (χ1v) is 6.12. The molecule has 0 radical (unpaired) electrons. The van der Waals surface area contributed by atoms with Gasteiger partial charge in [0.25, 0.3) is 0 Å². The van der Waals surface area contributed by atoms with E-state index in [0.29, 0.717) is 13.2 Å². The Morgan fingerprint density at radius 1 is 1.06 bits per heavy atom. The molecule has 0 aliphatic rings. The standard InChI is InChI=1S/C15H19NO2/c1-10-5-6-13(18-8-7-17-4)14-11(2)9-12(3)16-15(10)14/h5-6,9H,7-8H2,1-4H3. The van der Waals surface area contributed by atoms with Crippen LogP contribution in [0.25, 0.3) is 10.9 Å². The SMILES string of the molecule is COCCOc1ccc(C)c2nc(C)cc(C)c12. The summed E-state index contributed by atoms with van der Waals surface area (Å²) < 4.78 is 10.8. The van der Waals surface area contributed by atoms with E-state index in [2.05, 4.69) is 31.0 Å². The first kappa shape index (κ1) is 12.8. The number of rotatable bonds is 4. The van der Waals surface area contributed by atoms with Gasteiger partial charge in [0.15, 0.2) is 0 Å². The molecule has 0 aliphatic heterocycles. The van der Waals surface area contributed by atoms with Gasteiger partial charge >= 0.3 is 0 Å². The molecule has 1 aromatic heterocycles. The normalized spacial score (nSPS) is 10.9. The van der Waals surface area contributed by atoms with Crippen LogP contribution in [0.1, 0.15) is 16.8 Å². The Bertz CT molecular complexity index is 564. The Morgan fingerprint density at radius 2 is 1.83 bits per heavy atom. The van der Waals surface area contributed by atoms with Crippen molar-refractivity contribution in [3.05, 3.63) is 35.0 Å². The summed E-state index contributed by atoms with van der Waals surface area (Å²) in [5.74, 6) is 0.887.